The van der Waals surface area contributed by atoms with Crippen LogP contribution in [0.1, 0.15) is 24.5 Å². The molecule has 1 N–H and O–H groups in total. The summed E-state index contributed by atoms with van der Waals surface area (Å²) in [5, 5.41) is 4.11. The SMILES string of the molecule is CCOC(=O)/C(=N\Nc1cccc(C(F)(F)F)c1)N1CCCc2ccccc21. The standard InChI is InChI=1S/C20H20F3N3O2/c1-2-28-19(27)18(26-12-6-8-14-7-3-4-11-17(14)26)25-24-16-10-5-9-15(13-16)20(21,22)23/h3-5,7,9-11,13,24H,2,6,8,12H2,1H3/b25-18+. The maximum atomic E-state index is 12.9. The van der Waals surface area contributed by atoms with Gasteiger partial charge in [-0.25, -0.2) is 4.79 Å². The zero-order valence-corrected chi connectivity index (χ0v) is 15.3. The zero-order chi connectivity index (χ0) is 20.1. The maximum absolute atomic E-state index is 12.9. The Balaban J connectivity index is 1.93. The van der Waals surface area contributed by atoms with Crippen molar-refractivity contribution in [3.05, 3.63) is 59.7 Å². The van der Waals surface area contributed by atoms with Crippen LogP contribution in [0.15, 0.2) is 53.6 Å². The third-order valence-electron chi connectivity index (χ3n) is 4.30. The Hall–Kier alpha value is -3.03. The van der Waals surface area contributed by atoms with Gasteiger partial charge in [-0.2, -0.15) is 13.2 Å². The number of anilines is 2. The van der Waals surface area contributed by atoms with E-state index in [9.17, 15) is 18.0 Å². The number of esters is 1. The number of benzene rings is 2. The van der Waals surface area contributed by atoms with Gasteiger partial charge in [-0.1, -0.05) is 24.3 Å². The number of halogens is 3. The van der Waals surface area contributed by atoms with Crippen LogP contribution in [-0.2, 0) is 22.1 Å². The third kappa shape index (κ3) is 4.44. The van der Waals surface area contributed by atoms with Gasteiger partial charge in [-0.05, 0) is 49.6 Å². The molecule has 28 heavy (non-hydrogen) atoms. The van der Waals surface area contributed by atoms with Crippen molar-refractivity contribution < 1.29 is 22.7 Å². The topological polar surface area (TPSA) is 53.9 Å². The first-order valence-corrected chi connectivity index (χ1v) is 8.93. The van der Waals surface area contributed by atoms with Gasteiger partial charge in [0.1, 0.15) is 0 Å². The quantitative estimate of drug-likeness (QED) is 0.364. The fourth-order valence-electron chi connectivity index (χ4n) is 3.05. The number of para-hydroxylation sites is 1. The van der Waals surface area contributed by atoms with Crippen molar-refractivity contribution in [3.8, 4) is 0 Å². The van der Waals surface area contributed by atoms with Gasteiger partial charge in [-0.3, -0.25) is 5.43 Å². The number of rotatable bonds is 3. The van der Waals surface area contributed by atoms with E-state index in [1.165, 1.54) is 12.1 Å². The molecule has 0 saturated carbocycles. The van der Waals surface area contributed by atoms with E-state index in [0.29, 0.717) is 6.54 Å². The van der Waals surface area contributed by atoms with Crippen molar-refractivity contribution >= 4 is 23.2 Å². The molecule has 0 bridgehead atoms. The highest BCUT2D eigenvalue weighted by atomic mass is 19.4. The van der Waals surface area contributed by atoms with Gasteiger partial charge < -0.3 is 9.64 Å². The molecule has 8 heteroatoms. The van der Waals surface area contributed by atoms with Crippen LogP contribution < -0.4 is 10.3 Å². The maximum Gasteiger partial charge on any atom is 0.416 e. The molecule has 0 aromatic heterocycles. The van der Waals surface area contributed by atoms with Crippen LogP contribution >= 0.6 is 0 Å². The molecule has 0 amide bonds. The fourth-order valence-corrected chi connectivity index (χ4v) is 3.05. The highest BCUT2D eigenvalue weighted by Gasteiger charge is 2.30. The number of hydrogen-bond acceptors (Lipinski definition) is 4. The molecule has 0 spiro atoms. The minimum absolute atomic E-state index is 0.00594. The lowest BCUT2D eigenvalue weighted by Crippen LogP contribution is -2.41. The molecule has 0 radical (unpaired) electrons. The number of amidine groups is 1. The van der Waals surface area contributed by atoms with E-state index in [1.54, 1.807) is 11.8 Å². The molecule has 1 heterocycles. The van der Waals surface area contributed by atoms with Gasteiger partial charge in [0.2, 0.25) is 5.84 Å². The zero-order valence-electron chi connectivity index (χ0n) is 15.3. The highest BCUT2D eigenvalue weighted by Crippen LogP contribution is 2.31. The average molecular weight is 391 g/mol. The van der Waals surface area contributed by atoms with Crippen molar-refractivity contribution in [3.63, 3.8) is 0 Å². The van der Waals surface area contributed by atoms with E-state index >= 15 is 0 Å². The van der Waals surface area contributed by atoms with Gasteiger partial charge in [0.15, 0.2) is 0 Å². The van der Waals surface area contributed by atoms with Crippen molar-refractivity contribution in [1.29, 1.82) is 0 Å². The van der Waals surface area contributed by atoms with Crippen molar-refractivity contribution in [2.45, 2.75) is 25.9 Å². The number of carbonyl (C=O) groups excluding carboxylic acids is 1. The van der Waals surface area contributed by atoms with Crippen LogP contribution in [0.25, 0.3) is 0 Å². The molecular weight excluding hydrogens is 371 g/mol. The molecule has 2 aromatic carbocycles. The lowest BCUT2D eigenvalue weighted by molar-refractivity contribution is -0.137. The minimum atomic E-state index is -4.46. The Morgan fingerprint density at radius 2 is 2.00 bits per heavy atom. The van der Waals surface area contributed by atoms with E-state index < -0.39 is 17.7 Å². The molecule has 1 aliphatic heterocycles. The molecule has 0 saturated heterocycles. The number of ether oxygens (including phenoxy) is 1. The normalized spacial score (nSPS) is 14.4. The summed E-state index contributed by atoms with van der Waals surface area (Å²) >= 11 is 0. The van der Waals surface area contributed by atoms with Crippen LogP contribution in [0.4, 0.5) is 24.5 Å². The smallest absolute Gasteiger partial charge is 0.416 e. The second-order valence-electron chi connectivity index (χ2n) is 6.23. The van der Waals surface area contributed by atoms with E-state index in [-0.39, 0.29) is 18.1 Å². The summed E-state index contributed by atoms with van der Waals surface area (Å²) in [5.41, 5.74) is 3.81. The van der Waals surface area contributed by atoms with E-state index in [2.05, 4.69) is 10.5 Å². The fraction of sp³-hybridized carbons (Fsp3) is 0.300. The van der Waals surface area contributed by atoms with E-state index in [0.717, 1.165) is 36.2 Å². The molecule has 0 aliphatic carbocycles. The first-order valence-electron chi connectivity index (χ1n) is 8.93. The number of carbonyl (C=O) groups is 1. The lowest BCUT2D eigenvalue weighted by atomic mass is 10.0. The Morgan fingerprint density at radius 3 is 2.75 bits per heavy atom. The second kappa shape index (κ2) is 8.33. The number of nitrogens with zero attached hydrogens (tertiary/aromatic N) is 2. The van der Waals surface area contributed by atoms with E-state index in [1.807, 2.05) is 24.3 Å². The monoisotopic (exact) mass is 391 g/mol. The van der Waals surface area contributed by atoms with Gasteiger partial charge >= 0.3 is 12.1 Å². The van der Waals surface area contributed by atoms with Crippen LogP contribution in [0, 0.1) is 0 Å². The Kier molecular flexibility index (Phi) is 5.87. The summed E-state index contributed by atoms with van der Waals surface area (Å²) in [6.07, 6.45) is -2.76. The first kappa shape index (κ1) is 19.7. The number of hydrazone groups is 1. The molecule has 148 valence electrons. The number of alkyl halides is 3. The van der Waals surface area contributed by atoms with Gasteiger partial charge in [0.05, 0.1) is 17.9 Å². The Bertz CT molecular complexity index is 881. The summed E-state index contributed by atoms with van der Waals surface area (Å²) in [7, 11) is 0. The van der Waals surface area contributed by atoms with Crippen molar-refractivity contribution in [2.24, 2.45) is 5.10 Å². The van der Waals surface area contributed by atoms with Crippen LogP contribution in [0.2, 0.25) is 0 Å². The molecule has 1 aliphatic rings. The number of aryl methyl sites for hydroxylation is 1. The van der Waals surface area contributed by atoms with Gasteiger partial charge in [-0.15, -0.1) is 5.10 Å². The second-order valence-corrected chi connectivity index (χ2v) is 6.23. The average Bonchev–Trinajstić information content (AvgIpc) is 2.68. The van der Waals surface area contributed by atoms with Crippen molar-refractivity contribution in [1.82, 2.24) is 0 Å². The Morgan fingerprint density at radius 1 is 1.21 bits per heavy atom. The number of hydrogen-bond donors (Lipinski definition) is 1. The van der Waals surface area contributed by atoms with Crippen LogP contribution in [-0.4, -0.2) is 25.0 Å². The molecule has 0 unspecified atom stereocenters. The first-order chi connectivity index (χ1) is 13.4. The molecule has 5 nitrogen and oxygen atoms in total. The molecule has 2 aromatic rings. The number of fused-ring (bicyclic) bond motifs is 1. The minimum Gasteiger partial charge on any atom is -0.460 e. The summed E-state index contributed by atoms with van der Waals surface area (Å²) < 4.78 is 43.8. The predicted octanol–water partition coefficient (Wildman–Crippen LogP) is 4.45. The summed E-state index contributed by atoms with van der Waals surface area (Å²) in [6.45, 7) is 2.40. The molecule has 0 fully saturated rings. The summed E-state index contributed by atoms with van der Waals surface area (Å²) in [4.78, 5) is 14.2. The summed E-state index contributed by atoms with van der Waals surface area (Å²) in [5.74, 6) is -0.634. The Labute approximate surface area is 160 Å². The van der Waals surface area contributed by atoms with Crippen LogP contribution in [0.5, 0.6) is 0 Å². The number of nitrogens with one attached hydrogen (secondary N) is 1. The van der Waals surface area contributed by atoms with Gasteiger partial charge in [0, 0.05) is 12.2 Å². The third-order valence-corrected chi connectivity index (χ3v) is 4.30. The van der Waals surface area contributed by atoms with E-state index in [4.69, 9.17) is 4.74 Å². The molecule has 3 rings (SSSR count). The predicted molar refractivity (Wildman–Crippen MR) is 101 cm³/mol. The summed E-state index contributed by atoms with van der Waals surface area (Å²) in [6, 6.07) is 12.3. The lowest BCUT2D eigenvalue weighted by Gasteiger charge is -2.30. The van der Waals surface area contributed by atoms with Crippen LogP contribution in [0.3, 0.4) is 0 Å². The van der Waals surface area contributed by atoms with Crippen molar-refractivity contribution in [2.75, 3.05) is 23.5 Å². The largest absolute Gasteiger partial charge is 0.460 e. The highest BCUT2D eigenvalue weighted by molar-refractivity contribution is 6.41. The molecular formula is C20H20F3N3O2. The molecule has 0 atom stereocenters. The van der Waals surface area contributed by atoms with Gasteiger partial charge in [0.25, 0.3) is 0 Å².